The summed E-state index contributed by atoms with van der Waals surface area (Å²) in [4.78, 5) is 4.55. The van der Waals surface area contributed by atoms with E-state index >= 15 is 0 Å². The molecule has 0 fully saturated rings. The topological polar surface area (TPSA) is 43.8 Å². The van der Waals surface area contributed by atoms with E-state index in [1.165, 1.54) is 11.9 Å². The van der Waals surface area contributed by atoms with Crippen LogP contribution in [0.1, 0.15) is 25.6 Å². The van der Waals surface area contributed by atoms with E-state index in [0.717, 1.165) is 28.8 Å². The van der Waals surface area contributed by atoms with Gasteiger partial charge in [-0.1, -0.05) is 29.3 Å². The Labute approximate surface area is 104 Å². The fourth-order valence-electron chi connectivity index (χ4n) is 1.87. The van der Waals surface area contributed by atoms with E-state index in [4.69, 9.17) is 5.73 Å². The number of nitrogens with zero attached hydrogens (tertiary/aromatic N) is 2. The van der Waals surface area contributed by atoms with E-state index in [2.05, 4.69) is 38.5 Å². The average Bonchev–Trinajstić information content (AvgIpc) is 2.63. The van der Waals surface area contributed by atoms with Crippen molar-refractivity contribution >= 4 is 27.0 Å². The molecule has 1 aromatic heterocycles. The Hall–Kier alpha value is -0.870. The van der Waals surface area contributed by atoms with Gasteiger partial charge < -0.3 is 10.3 Å². The normalized spacial score (nSPS) is 11.2. The Morgan fingerprint density at radius 3 is 2.94 bits per heavy atom. The summed E-state index contributed by atoms with van der Waals surface area (Å²) in [5.41, 5.74) is 7.93. The Kier molecular flexibility index (Phi) is 3.61. The summed E-state index contributed by atoms with van der Waals surface area (Å²) in [5.74, 6) is 0.974. The maximum absolute atomic E-state index is 5.73. The van der Waals surface area contributed by atoms with Crippen LogP contribution in [-0.4, -0.2) is 9.55 Å². The van der Waals surface area contributed by atoms with Gasteiger partial charge in [-0.2, -0.15) is 0 Å². The van der Waals surface area contributed by atoms with E-state index < -0.39 is 0 Å². The van der Waals surface area contributed by atoms with Gasteiger partial charge in [-0.15, -0.1) is 0 Å². The summed E-state index contributed by atoms with van der Waals surface area (Å²) in [7, 11) is 0. The molecule has 0 aliphatic heterocycles. The van der Waals surface area contributed by atoms with Gasteiger partial charge in [-0.05, 0) is 24.6 Å². The van der Waals surface area contributed by atoms with Crippen molar-refractivity contribution in [3.8, 4) is 0 Å². The molecule has 4 heteroatoms. The van der Waals surface area contributed by atoms with Crippen LogP contribution in [-0.2, 0) is 13.1 Å². The van der Waals surface area contributed by atoms with E-state index in [1.54, 1.807) is 0 Å². The molecule has 1 heterocycles. The quantitative estimate of drug-likeness (QED) is 0.936. The van der Waals surface area contributed by atoms with Gasteiger partial charge >= 0.3 is 0 Å². The van der Waals surface area contributed by atoms with Crippen molar-refractivity contribution in [1.29, 1.82) is 0 Å². The second-order valence-electron chi connectivity index (χ2n) is 3.87. The molecule has 0 saturated heterocycles. The number of halogens is 1. The minimum Gasteiger partial charge on any atom is -0.327 e. The van der Waals surface area contributed by atoms with Crippen LogP contribution in [0.4, 0.5) is 0 Å². The lowest BCUT2D eigenvalue weighted by atomic mass is 10.3. The Balaban J connectivity index is 2.50. The van der Waals surface area contributed by atoms with Gasteiger partial charge in [0.1, 0.15) is 5.82 Å². The van der Waals surface area contributed by atoms with E-state index in [-0.39, 0.29) is 0 Å². The van der Waals surface area contributed by atoms with Crippen LogP contribution in [0.3, 0.4) is 0 Å². The van der Waals surface area contributed by atoms with Crippen molar-refractivity contribution in [3.63, 3.8) is 0 Å². The van der Waals surface area contributed by atoms with Gasteiger partial charge in [-0.3, -0.25) is 0 Å². The minimum absolute atomic E-state index is 0.496. The highest BCUT2D eigenvalue weighted by atomic mass is 79.9. The third-order valence-corrected chi connectivity index (χ3v) is 3.20. The molecule has 0 atom stereocenters. The zero-order valence-electron chi connectivity index (χ0n) is 9.41. The van der Waals surface area contributed by atoms with Crippen molar-refractivity contribution in [2.45, 2.75) is 32.9 Å². The zero-order valence-corrected chi connectivity index (χ0v) is 11.0. The summed E-state index contributed by atoms with van der Waals surface area (Å²) < 4.78 is 3.29. The molecular formula is C12H16BrN3. The number of rotatable bonds is 4. The summed E-state index contributed by atoms with van der Waals surface area (Å²) in [6.45, 7) is 3.69. The molecule has 0 bridgehead atoms. The van der Waals surface area contributed by atoms with Crippen molar-refractivity contribution < 1.29 is 0 Å². The van der Waals surface area contributed by atoms with Crippen molar-refractivity contribution in [2.24, 2.45) is 5.73 Å². The van der Waals surface area contributed by atoms with Crippen LogP contribution < -0.4 is 5.73 Å². The average molecular weight is 282 g/mol. The third-order valence-electron chi connectivity index (χ3n) is 2.71. The number of fused-ring (bicyclic) bond motifs is 1. The molecule has 0 radical (unpaired) electrons. The fourth-order valence-corrected chi connectivity index (χ4v) is 2.22. The molecule has 0 aliphatic rings. The van der Waals surface area contributed by atoms with Crippen LogP contribution in [0.2, 0.25) is 0 Å². The summed E-state index contributed by atoms with van der Waals surface area (Å²) in [6.07, 6.45) is 2.34. The number of hydrogen-bond acceptors (Lipinski definition) is 2. The smallest absolute Gasteiger partial charge is 0.123 e. The highest BCUT2D eigenvalue weighted by molar-refractivity contribution is 9.10. The van der Waals surface area contributed by atoms with Gasteiger partial charge in [0.15, 0.2) is 0 Å². The van der Waals surface area contributed by atoms with E-state index in [0.29, 0.717) is 6.54 Å². The molecular weight excluding hydrogens is 266 g/mol. The lowest BCUT2D eigenvalue weighted by Crippen LogP contribution is -2.08. The maximum atomic E-state index is 5.73. The first-order valence-corrected chi connectivity index (χ1v) is 6.40. The molecule has 16 heavy (non-hydrogen) atoms. The molecule has 2 aromatic rings. The minimum atomic E-state index is 0.496. The van der Waals surface area contributed by atoms with Crippen LogP contribution in [0.15, 0.2) is 22.7 Å². The second-order valence-corrected chi connectivity index (χ2v) is 4.79. The van der Waals surface area contributed by atoms with E-state index in [1.807, 2.05) is 12.1 Å². The molecule has 0 spiro atoms. The predicted molar refractivity (Wildman–Crippen MR) is 70.2 cm³/mol. The molecule has 3 nitrogen and oxygen atoms in total. The fraction of sp³-hybridized carbons (Fsp3) is 0.417. The Bertz CT molecular complexity index is 490. The van der Waals surface area contributed by atoms with Crippen LogP contribution in [0.5, 0.6) is 0 Å². The number of aryl methyl sites for hydroxylation is 1. The number of imidazole rings is 1. The van der Waals surface area contributed by atoms with Crippen molar-refractivity contribution in [2.75, 3.05) is 0 Å². The predicted octanol–water partition coefficient (Wildman–Crippen LogP) is 3.06. The Morgan fingerprint density at radius 2 is 2.25 bits per heavy atom. The summed E-state index contributed by atoms with van der Waals surface area (Å²) >= 11 is 3.46. The number of benzene rings is 1. The van der Waals surface area contributed by atoms with Crippen LogP contribution in [0.25, 0.3) is 11.0 Å². The van der Waals surface area contributed by atoms with Crippen molar-refractivity contribution in [3.05, 3.63) is 28.5 Å². The molecule has 2 N–H and O–H groups in total. The van der Waals surface area contributed by atoms with Gasteiger partial charge in [0.25, 0.3) is 0 Å². The summed E-state index contributed by atoms with van der Waals surface area (Å²) in [6, 6.07) is 6.19. The highest BCUT2D eigenvalue weighted by Gasteiger charge is 2.08. The van der Waals surface area contributed by atoms with E-state index in [9.17, 15) is 0 Å². The molecule has 2 rings (SSSR count). The second kappa shape index (κ2) is 4.97. The van der Waals surface area contributed by atoms with Crippen LogP contribution >= 0.6 is 15.9 Å². The Morgan fingerprint density at radius 1 is 1.44 bits per heavy atom. The number of aromatic nitrogens is 2. The molecule has 86 valence electrons. The zero-order chi connectivity index (χ0) is 11.5. The third kappa shape index (κ3) is 2.13. The highest BCUT2D eigenvalue weighted by Crippen LogP contribution is 2.21. The monoisotopic (exact) mass is 281 g/mol. The molecule has 0 saturated carbocycles. The first-order valence-electron chi connectivity index (χ1n) is 5.61. The standard InChI is InChI=1S/C12H16BrN3/c1-2-3-6-16-11-5-4-9(13)7-10(11)15-12(16)8-14/h4-5,7H,2-3,6,8,14H2,1H3. The molecule has 0 aliphatic carbocycles. The molecule has 1 aromatic carbocycles. The molecule has 0 unspecified atom stereocenters. The maximum Gasteiger partial charge on any atom is 0.123 e. The number of nitrogens with two attached hydrogens (primary N) is 1. The molecule has 0 amide bonds. The lowest BCUT2D eigenvalue weighted by Gasteiger charge is -2.06. The summed E-state index contributed by atoms with van der Waals surface area (Å²) in [5, 5.41) is 0. The van der Waals surface area contributed by atoms with Gasteiger partial charge in [0, 0.05) is 11.0 Å². The number of hydrogen-bond donors (Lipinski definition) is 1. The number of unbranched alkanes of at least 4 members (excludes halogenated alkanes) is 1. The van der Waals surface area contributed by atoms with Gasteiger partial charge in [0.05, 0.1) is 17.6 Å². The first-order chi connectivity index (χ1) is 7.76. The van der Waals surface area contributed by atoms with Crippen LogP contribution in [0, 0.1) is 0 Å². The SMILES string of the molecule is CCCCn1c(CN)nc2cc(Br)ccc21. The van der Waals surface area contributed by atoms with Gasteiger partial charge in [0.2, 0.25) is 0 Å². The lowest BCUT2D eigenvalue weighted by molar-refractivity contribution is 0.617. The van der Waals surface area contributed by atoms with Gasteiger partial charge in [-0.25, -0.2) is 4.98 Å². The first kappa shape index (κ1) is 11.6. The largest absolute Gasteiger partial charge is 0.327 e. The van der Waals surface area contributed by atoms with Crippen molar-refractivity contribution in [1.82, 2.24) is 9.55 Å².